The van der Waals surface area contributed by atoms with Crippen molar-refractivity contribution >= 4 is 34.6 Å². The van der Waals surface area contributed by atoms with Crippen molar-refractivity contribution in [2.24, 2.45) is 0 Å². The number of furan rings is 1. The third-order valence-corrected chi connectivity index (χ3v) is 6.26. The molecule has 1 amide bonds. The first-order chi connectivity index (χ1) is 12.1. The van der Waals surface area contributed by atoms with Crippen LogP contribution < -0.4 is 0 Å². The summed E-state index contributed by atoms with van der Waals surface area (Å²) in [7, 11) is 0. The predicted octanol–water partition coefficient (Wildman–Crippen LogP) is 2.88. The molecule has 0 bridgehead atoms. The Hall–Kier alpha value is -1.95. The number of rotatable bonds is 4. The number of hydrogen-bond acceptors (Lipinski definition) is 4. The maximum Gasteiger partial charge on any atom is 0.305 e. The van der Waals surface area contributed by atoms with Gasteiger partial charge in [-0.25, -0.2) is 0 Å². The first-order valence-electron chi connectivity index (χ1n) is 8.72. The lowest BCUT2D eigenvalue weighted by molar-refractivity contribution is -0.140. The Morgan fingerprint density at radius 2 is 2.08 bits per heavy atom. The van der Waals surface area contributed by atoms with Crippen LogP contribution in [-0.2, 0) is 28.9 Å². The molecule has 2 aromatic rings. The SMILES string of the molecule is O=C(O)CC1CSCCN1C(=O)Cc1coc2cc3c(cc12)CCC3. The maximum atomic E-state index is 12.8. The summed E-state index contributed by atoms with van der Waals surface area (Å²) in [6, 6.07) is 4.06. The molecular formula is C19H21NO4S. The summed E-state index contributed by atoms with van der Waals surface area (Å²) >= 11 is 1.71. The largest absolute Gasteiger partial charge is 0.481 e. The minimum atomic E-state index is -0.852. The van der Waals surface area contributed by atoms with Crippen molar-refractivity contribution in [2.75, 3.05) is 18.1 Å². The second-order valence-electron chi connectivity index (χ2n) is 6.82. The molecule has 1 atom stereocenters. The van der Waals surface area contributed by atoms with Crippen LogP contribution in [0, 0.1) is 0 Å². The number of amides is 1. The van der Waals surface area contributed by atoms with Gasteiger partial charge in [0, 0.05) is 29.0 Å². The van der Waals surface area contributed by atoms with E-state index >= 15 is 0 Å². The Balaban J connectivity index is 1.55. The number of benzene rings is 1. The molecule has 1 saturated heterocycles. The summed E-state index contributed by atoms with van der Waals surface area (Å²) in [5.74, 6) is 0.698. The van der Waals surface area contributed by atoms with Crippen LogP contribution in [0.15, 0.2) is 22.8 Å². The van der Waals surface area contributed by atoms with Crippen molar-refractivity contribution < 1.29 is 19.1 Å². The van der Waals surface area contributed by atoms with E-state index in [1.165, 1.54) is 17.5 Å². The van der Waals surface area contributed by atoms with Crippen LogP contribution in [0.4, 0.5) is 0 Å². The third-order valence-electron chi connectivity index (χ3n) is 5.17. The van der Waals surface area contributed by atoms with E-state index in [4.69, 9.17) is 9.52 Å². The lowest BCUT2D eigenvalue weighted by Gasteiger charge is -2.34. The summed E-state index contributed by atoms with van der Waals surface area (Å²) in [4.78, 5) is 25.6. The van der Waals surface area contributed by atoms with Crippen LogP contribution in [0.5, 0.6) is 0 Å². The standard InChI is InChI=1S/C19H21NO4S/c21-18(20-4-5-25-11-15(20)9-19(22)23)8-14-10-24-17-7-13-3-1-2-12(13)6-16(14)17/h6-7,10,15H,1-5,8-9,11H2,(H,22,23). The molecule has 1 fully saturated rings. The third kappa shape index (κ3) is 3.27. The normalized spacial score (nSPS) is 20.0. The number of aliphatic carboxylic acids is 1. The number of carbonyl (C=O) groups is 2. The Morgan fingerprint density at radius 1 is 1.28 bits per heavy atom. The quantitative estimate of drug-likeness (QED) is 0.909. The summed E-state index contributed by atoms with van der Waals surface area (Å²) in [5, 5.41) is 10.1. The van der Waals surface area contributed by atoms with Crippen molar-refractivity contribution in [3.05, 3.63) is 35.1 Å². The Morgan fingerprint density at radius 3 is 2.88 bits per heavy atom. The van der Waals surface area contributed by atoms with Gasteiger partial charge in [-0.3, -0.25) is 9.59 Å². The molecule has 0 saturated carbocycles. The molecule has 25 heavy (non-hydrogen) atoms. The van der Waals surface area contributed by atoms with Crippen molar-refractivity contribution in [1.29, 1.82) is 0 Å². The van der Waals surface area contributed by atoms with Gasteiger partial charge in [-0.05, 0) is 42.5 Å². The molecule has 2 aliphatic rings. The summed E-state index contributed by atoms with van der Waals surface area (Å²) in [6.45, 7) is 0.618. The molecule has 1 aromatic heterocycles. The van der Waals surface area contributed by atoms with Gasteiger partial charge in [-0.1, -0.05) is 0 Å². The fourth-order valence-electron chi connectivity index (χ4n) is 3.90. The number of nitrogens with zero attached hydrogens (tertiary/aromatic N) is 1. The van der Waals surface area contributed by atoms with Crippen molar-refractivity contribution in [1.82, 2.24) is 4.90 Å². The number of carbonyl (C=O) groups excluding carboxylic acids is 1. The van der Waals surface area contributed by atoms with E-state index < -0.39 is 5.97 Å². The van der Waals surface area contributed by atoms with Gasteiger partial charge in [-0.15, -0.1) is 0 Å². The van der Waals surface area contributed by atoms with E-state index in [2.05, 4.69) is 12.1 Å². The second kappa shape index (κ2) is 6.75. The monoisotopic (exact) mass is 359 g/mol. The molecule has 1 aliphatic carbocycles. The molecule has 5 nitrogen and oxygen atoms in total. The Labute approximate surface area is 150 Å². The van der Waals surface area contributed by atoms with E-state index in [1.54, 1.807) is 22.9 Å². The van der Waals surface area contributed by atoms with Gasteiger partial charge in [0.2, 0.25) is 5.91 Å². The number of hydrogen-bond donors (Lipinski definition) is 1. The van der Waals surface area contributed by atoms with Crippen LogP contribution >= 0.6 is 11.8 Å². The summed E-state index contributed by atoms with van der Waals surface area (Å²) < 4.78 is 5.68. The molecular weight excluding hydrogens is 338 g/mol. The fraction of sp³-hybridized carbons (Fsp3) is 0.474. The van der Waals surface area contributed by atoms with Gasteiger partial charge in [-0.2, -0.15) is 11.8 Å². The highest BCUT2D eigenvalue weighted by Gasteiger charge is 2.29. The Bertz CT molecular complexity index is 828. The van der Waals surface area contributed by atoms with E-state index in [9.17, 15) is 9.59 Å². The molecule has 1 aliphatic heterocycles. The molecule has 132 valence electrons. The van der Waals surface area contributed by atoms with Crippen molar-refractivity contribution in [2.45, 2.75) is 38.1 Å². The molecule has 2 heterocycles. The van der Waals surface area contributed by atoms with Gasteiger partial charge in [0.05, 0.1) is 25.1 Å². The van der Waals surface area contributed by atoms with E-state index in [0.717, 1.165) is 35.1 Å². The summed E-state index contributed by atoms with van der Waals surface area (Å²) in [5.41, 5.74) is 4.47. The van der Waals surface area contributed by atoms with E-state index in [-0.39, 0.29) is 24.8 Å². The second-order valence-corrected chi connectivity index (χ2v) is 7.97. The minimum Gasteiger partial charge on any atom is -0.481 e. The van der Waals surface area contributed by atoms with Gasteiger partial charge >= 0.3 is 5.97 Å². The van der Waals surface area contributed by atoms with Crippen molar-refractivity contribution in [3.8, 4) is 0 Å². The van der Waals surface area contributed by atoms with E-state index in [0.29, 0.717) is 12.3 Å². The first-order valence-corrected chi connectivity index (χ1v) is 9.88. The molecule has 1 N–H and O–H groups in total. The highest BCUT2D eigenvalue weighted by molar-refractivity contribution is 7.99. The van der Waals surface area contributed by atoms with Gasteiger partial charge in [0.25, 0.3) is 0 Å². The number of carboxylic acids is 1. The fourth-order valence-corrected chi connectivity index (χ4v) is 4.97. The number of carboxylic acid groups (broad SMARTS) is 1. The van der Waals surface area contributed by atoms with Gasteiger partial charge < -0.3 is 14.4 Å². The Kier molecular flexibility index (Phi) is 4.46. The topological polar surface area (TPSA) is 70.8 Å². The maximum absolute atomic E-state index is 12.8. The van der Waals surface area contributed by atoms with Crippen molar-refractivity contribution in [3.63, 3.8) is 0 Å². The molecule has 1 aromatic carbocycles. The lowest BCUT2D eigenvalue weighted by Crippen LogP contribution is -2.47. The molecule has 0 radical (unpaired) electrons. The predicted molar refractivity (Wildman–Crippen MR) is 97.0 cm³/mol. The van der Waals surface area contributed by atoms with Crippen LogP contribution in [-0.4, -0.2) is 46.0 Å². The summed E-state index contributed by atoms with van der Waals surface area (Å²) in [6.07, 6.45) is 5.34. The van der Waals surface area contributed by atoms with Crippen LogP contribution in [0.3, 0.4) is 0 Å². The molecule has 6 heteroatoms. The minimum absolute atomic E-state index is 0.00486. The average Bonchev–Trinajstić information content (AvgIpc) is 3.19. The molecule has 0 spiro atoms. The van der Waals surface area contributed by atoms with Gasteiger partial charge in [0.15, 0.2) is 0 Å². The average molecular weight is 359 g/mol. The highest BCUT2D eigenvalue weighted by atomic mass is 32.2. The lowest BCUT2D eigenvalue weighted by atomic mass is 10.0. The smallest absolute Gasteiger partial charge is 0.305 e. The zero-order valence-corrected chi connectivity index (χ0v) is 14.8. The number of fused-ring (bicyclic) bond motifs is 2. The molecule has 4 rings (SSSR count). The highest BCUT2D eigenvalue weighted by Crippen LogP contribution is 2.31. The molecule has 1 unspecified atom stereocenters. The zero-order chi connectivity index (χ0) is 17.4. The van der Waals surface area contributed by atoms with Crippen LogP contribution in [0.2, 0.25) is 0 Å². The van der Waals surface area contributed by atoms with Gasteiger partial charge in [0.1, 0.15) is 5.58 Å². The van der Waals surface area contributed by atoms with Crippen LogP contribution in [0.25, 0.3) is 11.0 Å². The number of thioether (sulfide) groups is 1. The van der Waals surface area contributed by atoms with Crippen LogP contribution in [0.1, 0.15) is 29.5 Å². The first kappa shape index (κ1) is 16.5. The van der Waals surface area contributed by atoms with E-state index in [1.807, 2.05) is 0 Å². The number of aryl methyl sites for hydroxylation is 2. The zero-order valence-electron chi connectivity index (χ0n) is 14.0.